The predicted molar refractivity (Wildman–Crippen MR) is 145 cm³/mol. The van der Waals surface area contributed by atoms with Gasteiger partial charge in [-0.3, -0.25) is 14.3 Å². The molecule has 38 heavy (non-hydrogen) atoms. The number of methoxy groups -OCH3 is 1. The topological polar surface area (TPSA) is 111 Å². The first-order chi connectivity index (χ1) is 18.2. The van der Waals surface area contributed by atoms with E-state index in [0.717, 1.165) is 35.1 Å². The van der Waals surface area contributed by atoms with Crippen molar-refractivity contribution in [3.63, 3.8) is 0 Å². The van der Waals surface area contributed by atoms with E-state index in [0.29, 0.717) is 18.0 Å². The van der Waals surface area contributed by atoms with Gasteiger partial charge in [-0.25, -0.2) is 8.42 Å². The molecule has 0 aliphatic carbocycles. The molecule has 0 saturated carbocycles. The minimum absolute atomic E-state index is 0.105. The molecule has 1 N–H and O–H groups in total. The fraction of sp³-hybridized carbons (Fsp3) is 0.276. The van der Waals surface area contributed by atoms with Crippen molar-refractivity contribution in [1.29, 1.82) is 0 Å². The van der Waals surface area contributed by atoms with Crippen LogP contribution in [0.1, 0.15) is 49.7 Å². The Kier molecular flexibility index (Phi) is 7.97. The van der Waals surface area contributed by atoms with Crippen LogP contribution in [-0.2, 0) is 16.3 Å². The van der Waals surface area contributed by atoms with Gasteiger partial charge in [-0.1, -0.05) is 37.6 Å². The van der Waals surface area contributed by atoms with Gasteiger partial charge in [0.2, 0.25) is 15.7 Å². The Morgan fingerprint density at radius 1 is 1.05 bits per heavy atom. The summed E-state index contributed by atoms with van der Waals surface area (Å²) in [7, 11) is -2.81. The minimum atomic E-state index is -4.37. The lowest BCUT2D eigenvalue weighted by Gasteiger charge is -2.21. The number of hydrogen-bond donors (Lipinski definition) is 1. The summed E-state index contributed by atoms with van der Waals surface area (Å²) in [6, 6.07) is 14.7. The number of aromatic nitrogens is 3. The number of aromatic hydroxyl groups is 1. The van der Waals surface area contributed by atoms with Crippen LogP contribution in [0.4, 0.5) is 0 Å². The molecule has 198 valence electrons. The van der Waals surface area contributed by atoms with E-state index in [1.807, 2.05) is 32.0 Å². The van der Waals surface area contributed by atoms with Crippen molar-refractivity contribution in [3.8, 4) is 22.8 Å². The second-order valence-electron chi connectivity index (χ2n) is 9.13. The quantitative estimate of drug-likeness (QED) is 0.318. The molecule has 0 aliphatic rings. The summed E-state index contributed by atoms with van der Waals surface area (Å²) < 4.78 is 33.9. The Bertz CT molecular complexity index is 1600. The molecule has 2 aromatic heterocycles. The number of nitrogens with zero attached hydrogens (tertiary/aromatic N) is 3. The molecule has 8 nitrogen and oxygen atoms in total. The zero-order valence-corrected chi connectivity index (χ0v) is 22.7. The molecule has 0 fully saturated rings. The van der Waals surface area contributed by atoms with Gasteiger partial charge in [0.25, 0.3) is 5.56 Å². The van der Waals surface area contributed by atoms with Crippen LogP contribution in [0.25, 0.3) is 11.1 Å². The van der Waals surface area contributed by atoms with Crippen LogP contribution in [0.2, 0.25) is 0 Å². The summed E-state index contributed by atoms with van der Waals surface area (Å²) in [6.45, 7) is 5.73. The van der Waals surface area contributed by atoms with Crippen molar-refractivity contribution < 1.29 is 18.3 Å². The van der Waals surface area contributed by atoms with Crippen LogP contribution in [0.3, 0.4) is 0 Å². The van der Waals surface area contributed by atoms with E-state index in [1.54, 1.807) is 50.7 Å². The summed E-state index contributed by atoms with van der Waals surface area (Å²) in [4.78, 5) is 21.3. The summed E-state index contributed by atoms with van der Waals surface area (Å²) >= 11 is 0. The maximum atomic E-state index is 13.8. The highest BCUT2D eigenvalue weighted by Crippen LogP contribution is 2.30. The molecule has 0 amide bonds. The highest BCUT2D eigenvalue weighted by molar-refractivity contribution is 7.91. The molecule has 4 aromatic rings. The van der Waals surface area contributed by atoms with E-state index in [1.165, 1.54) is 16.7 Å². The standard InChI is InChI=1S/C29H31N3O5S/c1-5-6-7-26-31-28(33)27(29(34)32(26)20(3)21-8-12-23(37-4)13-9-21)38(35,36)24-14-10-22(11-15-24)25-16-17-30-18-19(25)2/h8-18,20,33H,5-7H2,1-4H3/t20-/m0/s1. The minimum Gasteiger partial charge on any atom is -0.497 e. The van der Waals surface area contributed by atoms with Crippen LogP contribution < -0.4 is 10.3 Å². The smallest absolute Gasteiger partial charge is 0.277 e. The monoisotopic (exact) mass is 533 g/mol. The lowest BCUT2D eigenvalue weighted by molar-refractivity contribution is 0.411. The van der Waals surface area contributed by atoms with Crippen LogP contribution in [0.5, 0.6) is 11.6 Å². The average Bonchev–Trinajstić information content (AvgIpc) is 2.91. The SMILES string of the molecule is CCCCc1nc(O)c(S(=O)(=O)c2ccc(-c3ccncc3C)cc2)c(=O)n1[C@@H](C)c1ccc(OC)cc1. The Hall–Kier alpha value is -3.98. The molecule has 0 unspecified atom stereocenters. The van der Waals surface area contributed by atoms with Crippen molar-refractivity contribution >= 4 is 9.84 Å². The van der Waals surface area contributed by atoms with Crippen LogP contribution >= 0.6 is 0 Å². The van der Waals surface area contributed by atoms with Gasteiger partial charge in [-0.15, -0.1) is 0 Å². The summed E-state index contributed by atoms with van der Waals surface area (Å²) in [5.74, 6) is 0.213. The fourth-order valence-corrected chi connectivity index (χ4v) is 5.80. The van der Waals surface area contributed by atoms with Gasteiger partial charge in [-0.05, 0) is 72.9 Å². The third kappa shape index (κ3) is 5.19. The Morgan fingerprint density at radius 2 is 1.74 bits per heavy atom. The predicted octanol–water partition coefficient (Wildman–Crippen LogP) is 5.11. The molecule has 0 radical (unpaired) electrons. The normalized spacial score (nSPS) is 12.3. The second-order valence-corrected chi connectivity index (χ2v) is 11.0. The molecule has 1 atom stereocenters. The summed E-state index contributed by atoms with van der Waals surface area (Å²) in [5.41, 5.74) is 2.65. The molecule has 0 saturated heterocycles. The van der Waals surface area contributed by atoms with Crippen molar-refractivity contribution in [2.24, 2.45) is 0 Å². The Balaban J connectivity index is 1.83. The first-order valence-electron chi connectivity index (χ1n) is 12.4. The first-order valence-corrected chi connectivity index (χ1v) is 13.9. The van der Waals surface area contributed by atoms with Crippen LogP contribution in [0, 0.1) is 6.92 Å². The number of sulfone groups is 1. The van der Waals surface area contributed by atoms with Gasteiger partial charge in [0.1, 0.15) is 11.6 Å². The van der Waals surface area contributed by atoms with Crippen LogP contribution in [-0.4, -0.2) is 35.2 Å². The van der Waals surface area contributed by atoms with Gasteiger partial charge in [-0.2, -0.15) is 4.98 Å². The molecular formula is C29H31N3O5S. The highest BCUT2D eigenvalue weighted by Gasteiger charge is 2.31. The highest BCUT2D eigenvalue weighted by atomic mass is 32.2. The Morgan fingerprint density at radius 3 is 2.34 bits per heavy atom. The largest absolute Gasteiger partial charge is 0.497 e. The van der Waals surface area contributed by atoms with E-state index in [4.69, 9.17) is 4.74 Å². The number of aryl methyl sites for hydroxylation is 2. The number of ether oxygens (including phenoxy) is 1. The summed E-state index contributed by atoms with van der Waals surface area (Å²) in [5, 5.41) is 10.8. The fourth-order valence-electron chi connectivity index (χ4n) is 4.46. The molecule has 2 heterocycles. The maximum Gasteiger partial charge on any atom is 0.277 e. The van der Waals surface area contributed by atoms with E-state index in [2.05, 4.69) is 9.97 Å². The molecule has 0 aliphatic heterocycles. The molecule has 2 aromatic carbocycles. The molecule has 9 heteroatoms. The summed E-state index contributed by atoms with van der Waals surface area (Å²) in [6.07, 6.45) is 5.39. The number of unbranched alkanes of at least 4 members (excludes halogenated alkanes) is 1. The van der Waals surface area contributed by atoms with E-state index < -0.39 is 32.2 Å². The number of pyridine rings is 1. The van der Waals surface area contributed by atoms with E-state index in [-0.39, 0.29) is 4.90 Å². The van der Waals surface area contributed by atoms with Crippen molar-refractivity contribution in [2.45, 2.75) is 55.9 Å². The van der Waals surface area contributed by atoms with Crippen molar-refractivity contribution in [1.82, 2.24) is 14.5 Å². The van der Waals surface area contributed by atoms with Gasteiger partial charge >= 0.3 is 0 Å². The molecule has 0 spiro atoms. The maximum absolute atomic E-state index is 13.8. The lowest BCUT2D eigenvalue weighted by Crippen LogP contribution is -2.32. The van der Waals surface area contributed by atoms with Gasteiger partial charge in [0.15, 0.2) is 4.90 Å². The van der Waals surface area contributed by atoms with Crippen molar-refractivity contribution in [3.05, 3.63) is 94.3 Å². The first kappa shape index (κ1) is 27.1. The zero-order chi connectivity index (χ0) is 27.4. The lowest BCUT2D eigenvalue weighted by atomic mass is 10.0. The third-order valence-corrected chi connectivity index (χ3v) is 8.42. The van der Waals surface area contributed by atoms with Gasteiger partial charge in [0, 0.05) is 18.8 Å². The second kappa shape index (κ2) is 11.2. The van der Waals surface area contributed by atoms with Crippen LogP contribution in [0.15, 0.2) is 81.6 Å². The van der Waals surface area contributed by atoms with E-state index >= 15 is 0 Å². The number of benzene rings is 2. The van der Waals surface area contributed by atoms with Gasteiger partial charge in [0.05, 0.1) is 18.0 Å². The zero-order valence-electron chi connectivity index (χ0n) is 21.9. The number of rotatable bonds is 9. The van der Waals surface area contributed by atoms with Crippen molar-refractivity contribution in [2.75, 3.05) is 7.11 Å². The molecule has 0 bridgehead atoms. The number of hydrogen-bond acceptors (Lipinski definition) is 7. The molecular weight excluding hydrogens is 502 g/mol. The third-order valence-electron chi connectivity index (χ3n) is 6.63. The molecule has 4 rings (SSSR count). The van der Waals surface area contributed by atoms with E-state index in [9.17, 15) is 18.3 Å². The van der Waals surface area contributed by atoms with Gasteiger partial charge < -0.3 is 9.84 Å². The Labute approximate surface area is 222 Å². The average molecular weight is 534 g/mol.